The van der Waals surface area contributed by atoms with Crippen molar-refractivity contribution in [3.8, 4) is 0 Å². The molecule has 2 aliphatic rings. The maximum Gasteiger partial charge on any atom is -0.0309 e. The monoisotopic (exact) mass is 180 g/mol. The van der Waals surface area contributed by atoms with Crippen molar-refractivity contribution in [2.75, 3.05) is 0 Å². The van der Waals surface area contributed by atoms with E-state index in [-0.39, 0.29) is 0 Å². The molecule has 13 heavy (non-hydrogen) atoms. The lowest BCUT2D eigenvalue weighted by Crippen LogP contribution is -2.40. The second-order valence-electron chi connectivity index (χ2n) is 6.27. The first-order chi connectivity index (χ1) is 6.09. The molecule has 0 unspecified atom stereocenters. The lowest BCUT2D eigenvalue weighted by Gasteiger charge is -2.49. The van der Waals surface area contributed by atoms with Gasteiger partial charge in [-0.25, -0.2) is 0 Å². The molecule has 0 N–H and O–H groups in total. The average molecular weight is 180 g/mol. The molecule has 0 nitrogen and oxygen atoms in total. The van der Waals surface area contributed by atoms with E-state index in [1.54, 1.807) is 0 Å². The van der Waals surface area contributed by atoms with E-state index in [4.69, 9.17) is 0 Å². The van der Waals surface area contributed by atoms with Crippen LogP contribution in [0, 0.1) is 23.2 Å². The summed E-state index contributed by atoms with van der Waals surface area (Å²) in [7, 11) is 0. The molecule has 0 heteroatoms. The van der Waals surface area contributed by atoms with Crippen LogP contribution in [0.5, 0.6) is 0 Å². The zero-order valence-corrected chi connectivity index (χ0v) is 9.47. The molecule has 0 saturated heterocycles. The topological polar surface area (TPSA) is 0 Å². The van der Waals surface area contributed by atoms with Crippen LogP contribution in [0.4, 0.5) is 0 Å². The molecule has 0 aromatic heterocycles. The van der Waals surface area contributed by atoms with Crippen LogP contribution in [0.15, 0.2) is 0 Å². The minimum absolute atomic E-state index is 0.566. The van der Waals surface area contributed by atoms with Crippen LogP contribution in [0.2, 0.25) is 0 Å². The molecule has 0 aliphatic heterocycles. The second-order valence-corrected chi connectivity index (χ2v) is 6.27. The summed E-state index contributed by atoms with van der Waals surface area (Å²) in [6, 6.07) is 0. The summed E-state index contributed by atoms with van der Waals surface area (Å²) in [6.45, 7) is 7.36. The van der Waals surface area contributed by atoms with Gasteiger partial charge >= 0.3 is 0 Å². The smallest absolute Gasteiger partial charge is 0.0309 e. The van der Waals surface area contributed by atoms with Gasteiger partial charge in [-0.2, -0.15) is 0 Å². The third kappa shape index (κ3) is 1.78. The Labute approximate surface area is 83.1 Å². The van der Waals surface area contributed by atoms with Crippen LogP contribution < -0.4 is 0 Å². The van der Waals surface area contributed by atoms with E-state index in [0.717, 1.165) is 17.8 Å². The van der Waals surface area contributed by atoms with E-state index in [9.17, 15) is 0 Å². The van der Waals surface area contributed by atoms with Crippen LogP contribution in [0.25, 0.3) is 0 Å². The molecule has 2 rings (SSSR count). The van der Waals surface area contributed by atoms with Gasteiger partial charge in [0.1, 0.15) is 0 Å². The first kappa shape index (κ1) is 9.55. The summed E-state index contributed by atoms with van der Waals surface area (Å²) in [5.74, 6) is 3.21. The highest BCUT2D eigenvalue weighted by Gasteiger charge is 2.42. The summed E-state index contributed by atoms with van der Waals surface area (Å²) in [5, 5.41) is 0. The molecule has 0 heterocycles. The van der Waals surface area contributed by atoms with Crippen LogP contribution >= 0.6 is 0 Å². The quantitative estimate of drug-likeness (QED) is 0.596. The van der Waals surface area contributed by atoms with Gasteiger partial charge in [-0.05, 0) is 23.2 Å². The predicted molar refractivity (Wildman–Crippen MR) is 57.6 cm³/mol. The maximum atomic E-state index is 2.45. The summed E-state index contributed by atoms with van der Waals surface area (Å²) in [5.41, 5.74) is 0.566. The van der Waals surface area contributed by atoms with Crippen molar-refractivity contribution in [2.45, 2.75) is 59.3 Å². The van der Waals surface area contributed by atoms with Crippen LogP contribution in [0.1, 0.15) is 59.3 Å². The molecular weight excluding hydrogens is 156 g/mol. The second kappa shape index (κ2) is 3.29. The zero-order valence-electron chi connectivity index (χ0n) is 9.47. The maximum absolute atomic E-state index is 2.45. The minimum Gasteiger partial charge on any atom is -0.0599 e. The largest absolute Gasteiger partial charge is 0.0599 e. The lowest BCUT2D eigenvalue weighted by atomic mass is 9.56. The molecule has 0 radical (unpaired) electrons. The van der Waals surface area contributed by atoms with Gasteiger partial charge in [0.05, 0.1) is 0 Å². The van der Waals surface area contributed by atoms with Gasteiger partial charge in [-0.3, -0.25) is 0 Å². The van der Waals surface area contributed by atoms with Crippen molar-refractivity contribution in [3.63, 3.8) is 0 Å². The van der Waals surface area contributed by atoms with Gasteiger partial charge in [0.25, 0.3) is 0 Å². The highest BCUT2D eigenvalue weighted by molar-refractivity contribution is 4.92. The molecule has 2 saturated carbocycles. The van der Waals surface area contributed by atoms with Crippen molar-refractivity contribution in [3.05, 3.63) is 0 Å². The van der Waals surface area contributed by atoms with E-state index in [2.05, 4.69) is 20.8 Å². The molecule has 2 fully saturated rings. The Kier molecular flexibility index (Phi) is 2.42. The van der Waals surface area contributed by atoms with E-state index in [0.29, 0.717) is 5.41 Å². The fourth-order valence-corrected chi connectivity index (χ4v) is 3.40. The summed E-state index contributed by atoms with van der Waals surface area (Å²) in [4.78, 5) is 0. The van der Waals surface area contributed by atoms with Gasteiger partial charge in [0, 0.05) is 0 Å². The van der Waals surface area contributed by atoms with Gasteiger partial charge in [0.2, 0.25) is 0 Å². The molecule has 0 spiro atoms. The standard InChI is InChI=1S/C13H24/c1-13(2,3)12(10-6-4-7-10)11-8-5-9-11/h10-12H,4-9H2,1-3H3. The first-order valence-electron chi connectivity index (χ1n) is 6.09. The molecule has 0 aromatic carbocycles. The summed E-state index contributed by atoms with van der Waals surface area (Å²) >= 11 is 0. The van der Waals surface area contributed by atoms with Crippen molar-refractivity contribution >= 4 is 0 Å². The lowest BCUT2D eigenvalue weighted by molar-refractivity contribution is 0.00939. The SMILES string of the molecule is CC(C)(C)C(C1CCC1)C1CCC1. The molecule has 76 valence electrons. The summed E-state index contributed by atoms with van der Waals surface area (Å²) < 4.78 is 0. The molecule has 0 amide bonds. The van der Waals surface area contributed by atoms with Gasteiger partial charge in [0.15, 0.2) is 0 Å². The van der Waals surface area contributed by atoms with E-state index in [1.807, 2.05) is 0 Å². The van der Waals surface area contributed by atoms with Gasteiger partial charge in [-0.15, -0.1) is 0 Å². The Bertz CT molecular complexity index is 153. The Morgan fingerprint density at radius 3 is 1.38 bits per heavy atom. The van der Waals surface area contributed by atoms with Crippen molar-refractivity contribution < 1.29 is 0 Å². The Balaban J connectivity index is 2.01. The third-order valence-corrected chi connectivity index (χ3v) is 4.32. The average Bonchev–Trinajstić information content (AvgIpc) is 1.75. The fraction of sp³-hybridized carbons (Fsp3) is 1.00. The molecule has 0 aromatic rings. The zero-order chi connectivity index (χ0) is 9.47. The van der Waals surface area contributed by atoms with E-state index < -0.39 is 0 Å². The van der Waals surface area contributed by atoms with Gasteiger partial charge in [-0.1, -0.05) is 59.3 Å². The van der Waals surface area contributed by atoms with Crippen molar-refractivity contribution in [1.82, 2.24) is 0 Å². The van der Waals surface area contributed by atoms with Gasteiger partial charge < -0.3 is 0 Å². The highest BCUT2D eigenvalue weighted by Crippen LogP contribution is 2.51. The summed E-state index contributed by atoms with van der Waals surface area (Å²) in [6.07, 6.45) is 9.11. The van der Waals surface area contributed by atoms with Crippen LogP contribution in [0.3, 0.4) is 0 Å². The van der Waals surface area contributed by atoms with Crippen molar-refractivity contribution in [1.29, 1.82) is 0 Å². The first-order valence-corrected chi connectivity index (χ1v) is 6.09. The van der Waals surface area contributed by atoms with Crippen LogP contribution in [-0.4, -0.2) is 0 Å². The molecule has 0 atom stereocenters. The highest BCUT2D eigenvalue weighted by atomic mass is 14.5. The van der Waals surface area contributed by atoms with E-state index >= 15 is 0 Å². The fourth-order valence-electron chi connectivity index (χ4n) is 3.40. The minimum atomic E-state index is 0.566. The van der Waals surface area contributed by atoms with E-state index in [1.165, 1.54) is 38.5 Å². The normalized spacial score (nSPS) is 25.8. The molecule has 2 aliphatic carbocycles. The molecule has 0 bridgehead atoms. The number of rotatable bonds is 2. The van der Waals surface area contributed by atoms with Crippen LogP contribution in [-0.2, 0) is 0 Å². The van der Waals surface area contributed by atoms with Crippen molar-refractivity contribution in [2.24, 2.45) is 23.2 Å². The molecular formula is C13H24. The Hall–Kier alpha value is 0. The predicted octanol–water partition coefficient (Wildman–Crippen LogP) is 4.25. The number of hydrogen-bond donors (Lipinski definition) is 0. The Morgan fingerprint density at radius 1 is 0.846 bits per heavy atom. The number of hydrogen-bond acceptors (Lipinski definition) is 0. The Morgan fingerprint density at radius 2 is 1.23 bits per heavy atom. The third-order valence-electron chi connectivity index (χ3n) is 4.32.